The lowest BCUT2D eigenvalue weighted by Gasteiger charge is -2.39. The SMILES string of the molecule is Cl.Cl.c1ccc(CCCN2CCN(C(Cc3ccccc3)c3ccccc3)CC2)cc1. The van der Waals surface area contributed by atoms with Crippen molar-refractivity contribution >= 4 is 24.8 Å². The molecule has 0 spiro atoms. The van der Waals surface area contributed by atoms with Crippen molar-refractivity contribution in [3.05, 3.63) is 108 Å². The van der Waals surface area contributed by atoms with E-state index in [1.54, 1.807) is 0 Å². The highest BCUT2D eigenvalue weighted by atomic mass is 35.5. The lowest BCUT2D eigenvalue weighted by molar-refractivity contribution is 0.0947. The first kappa shape index (κ1) is 25.4. The fourth-order valence-electron chi connectivity index (χ4n) is 4.42. The summed E-state index contributed by atoms with van der Waals surface area (Å²) in [6, 6.07) is 33.3. The Morgan fingerprint density at radius 2 is 1.13 bits per heavy atom. The number of rotatable bonds is 8. The van der Waals surface area contributed by atoms with Crippen LogP contribution >= 0.6 is 24.8 Å². The van der Waals surface area contributed by atoms with E-state index < -0.39 is 0 Å². The Kier molecular flexibility index (Phi) is 11.1. The van der Waals surface area contributed by atoms with Gasteiger partial charge in [-0.15, -0.1) is 24.8 Å². The minimum absolute atomic E-state index is 0. The van der Waals surface area contributed by atoms with Crippen LogP contribution in [0, 0.1) is 0 Å². The summed E-state index contributed by atoms with van der Waals surface area (Å²) in [6.45, 7) is 5.85. The maximum Gasteiger partial charge on any atom is 0.0389 e. The third-order valence-electron chi connectivity index (χ3n) is 6.09. The summed E-state index contributed by atoms with van der Waals surface area (Å²) in [7, 11) is 0. The molecular formula is C27H34Cl2N2. The van der Waals surface area contributed by atoms with Crippen LogP contribution in [0.3, 0.4) is 0 Å². The van der Waals surface area contributed by atoms with Gasteiger partial charge in [-0.1, -0.05) is 91.0 Å². The lowest BCUT2D eigenvalue weighted by Crippen LogP contribution is -2.48. The second-order valence-electron chi connectivity index (χ2n) is 8.08. The molecule has 3 aromatic rings. The summed E-state index contributed by atoms with van der Waals surface area (Å²) >= 11 is 0. The van der Waals surface area contributed by atoms with Crippen LogP contribution in [0.1, 0.15) is 29.2 Å². The van der Waals surface area contributed by atoms with Crippen molar-refractivity contribution in [3.63, 3.8) is 0 Å². The van der Waals surface area contributed by atoms with Crippen molar-refractivity contribution in [2.75, 3.05) is 32.7 Å². The molecule has 1 aliphatic rings. The molecule has 0 saturated carbocycles. The minimum Gasteiger partial charge on any atom is -0.301 e. The van der Waals surface area contributed by atoms with Gasteiger partial charge in [0.1, 0.15) is 0 Å². The molecule has 4 rings (SSSR count). The first-order valence-electron chi connectivity index (χ1n) is 11.0. The molecule has 166 valence electrons. The Morgan fingerprint density at radius 1 is 0.613 bits per heavy atom. The summed E-state index contributed by atoms with van der Waals surface area (Å²) in [4.78, 5) is 5.33. The molecule has 2 nitrogen and oxygen atoms in total. The predicted molar refractivity (Wildman–Crippen MR) is 137 cm³/mol. The minimum atomic E-state index is 0. The van der Waals surface area contributed by atoms with E-state index in [4.69, 9.17) is 0 Å². The fraction of sp³-hybridized carbons (Fsp3) is 0.333. The van der Waals surface area contributed by atoms with E-state index >= 15 is 0 Å². The summed E-state index contributed by atoms with van der Waals surface area (Å²) in [5.41, 5.74) is 4.32. The zero-order valence-electron chi connectivity index (χ0n) is 18.1. The average molecular weight is 457 g/mol. The average Bonchev–Trinajstić information content (AvgIpc) is 2.80. The topological polar surface area (TPSA) is 6.48 Å². The van der Waals surface area contributed by atoms with Gasteiger partial charge >= 0.3 is 0 Å². The van der Waals surface area contributed by atoms with Crippen LogP contribution in [0.15, 0.2) is 91.0 Å². The van der Waals surface area contributed by atoms with Crippen LogP contribution in [0.5, 0.6) is 0 Å². The normalized spacial score (nSPS) is 15.5. The van der Waals surface area contributed by atoms with Gasteiger partial charge in [0.05, 0.1) is 0 Å². The van der Waals surface area contributed by atoms with Gasteiger partial charge < -0.3 is 4.90 Å². The number of hydrogen-bond acceptors (Lipinski definition) is 2. The lowest BCUT2D eigenvalue weighted by atomic mass is 9.96. The van der Waals surface area contributed by atoms with E-state index in [9.17, 15) is 0 Å². The highest BCUT2D eigenvalue weighted by Crippen LogP contribution is 2.26. The molecular weight excluding hydrogens is 423 g/mol. The molecule has 1 aliphatic heterocycles. The molecule has 0 amide bonds. The van der Waals surface area contributed by atoms with Crippen LogP contribution in [-0.2, 0) is 12.8 Å². The molecule has 0 aliphatic carbocycles. The first-order chi connectivity index (χ1) is 14.4. The molecule has 1 unspecified atom stereocenters. The molecule has 31 heavy (non-hydrogen) atoms. The monoisotopic (exact) mass is 456 g/mol. The van der Waals surface area contributed by atoms with E-state index in [-0.39, 0.29) is 24.8 Å². The molecule has 1 heterocycles. The second kappa shape index (κ2) is 13.5. The summed E-state index contributed by atoms with van der Waals surface area (Å²) < 4.78 is 0. The summed E-state index contributed by atoms with van der Waals surface area (Å²) in [5.74, 6) is 0. The molecule has 1 saturated heterocycles. The van der Waals surface area contributed by atoms with E-state index in [0.29, 0.717) is 6.04 Å². The number of nitrogens with zero attached hydrogens (tertiary/aromatic N) is 2. The molecule has 0 bridgehead atoms. The number of aryl methyl sites for hydroxylation is 1. The van der Waals surface area contributed by atoms with E-state index in [1.165, 1.54) is 49.2 Å². The first-order valence-corrected chi connectivity index (χ1v) is 11.0. The second-order valence-corrected chi connectivity index (χ2v) is 8.08. The predicted octanol–water partition coefficient (Wildman–Crippen LogP) is 6.06. The van der Waals surface area contributed by atoms with Gasteiger partial charge in [0.2, 0.25) is 0 Å². The summed E-state index contributed by atoms with van der Waals surface area (Å²) in [6.07, 6.45) is 3.51. The maximum absolute atomic E-state index is 2.69. The van der Waals surface area contributed by atoms with Crippen LogP contribution in [-0.4, -0.2) is 42.5 Å². The van der Waals surface area contributed by atoms with E-state index in [2.05, 4.69) is 101 Å². The Bertz CT molecular complexity index is 835. The molecule has 0 radical (unpaired) electrons. The number of hydrogen-bond donors (Lipinski definition) is 0. The Balaban J connectivity index is 0.00000171. The van der Waals surface area contributed by atoms with Crippen LogP contribution in [0.2, 0.25) is 0 Å². The molecule has 0 N–H and O–H groups in total. The van der Waals surface area contributed by atoms with E-state index in [0.717, 1.165) is 19.5 Å². The number of benzene rings is 3. The van der Waals surface area contributed by atoms with E-state index in [1.807, 2.05) is 0 Å². The van der Waals surface area contributed by atoms with Gasteiger partial charge in [-0.25, -0.2) is 0 Å². The van der Waals surface area contributed by atoms with Crippen LogP contribution in [0.25, 0.3) is 0 Å². The van der Waals surface area contributed by atoms with Crippen molar-refractivity contribution in [2.45, 2.75) is 25.3 Å². The summed E-state index contributed by atoms with van der Waals surface area (Å²) in [5, 5.41) is 0. The molecule has 0 aromatic heterocycles. The maximum atomic E-state index is 2.69. The highest BCUT2D eigenvalue weighted by Gasteiger charge is 2.25. The quantitative estimate of drug-likeness (QED) is 0.406. The van der Waals surface area contributed by atoms with Gasteiger partial charge in [0, 0.05) is 32.2 Å². The number of halogens is 2. The van der Waals surface area contributed by atoms with Gasteiger partial charge in [-0.05, 0) is 42.5 Å². The molecule has 3 aromatic carbocycles. The highest BCUT2D eigenvalue weighted by molar-refractivity contribution is 5.85. The Labute approximate surface area is 200 Å². The fourth-order valence-corrected chi connectivity index (χ4v) is 4.42. The largest absolute Gasteiger partial charge is 0.301 e. The smallest absolute Gasteiger partial charge is 0.0389 e. The zero-order chi connectivity index (χ0) is 19.7. The molecule has 1 fully saturated rings. The third-order valence-corrected chi connectivity index (χ3v) is 6.09. The Hall–Kier alpha value is -1.84. The van der Waals surface area contributed by atoms with Crippen LogP contribution in [0.4, 0.5) is 0 Å². The van der Waals surface area contributed by atoms with Gasteiger partial charge in [-0.3, -0.25) is 4.90 Å². The third kappa shape index (κ3) is 7.66. The van der Waals surface area contributed by atoms with Gasteiger partial charge in [-0.2, -0.15) is 0 Å². The zero-order valence-corrected chi connectivity index (χ0v) is 19.7. The molecule has 4 heteroatoms. The Morgan fingerprint density at radius 3 is 1.71 bits per heavy atom. The van der Waals surface area contributed by atoms with Crippen molar-refractivity contribution in [1.29, 1.82) is 0 Å². The van der Waals surface area contributed by atoms with Crippen molar-refractivity contribution in [2.24, 2.45) is 0 Å². The standard InChI is InChI=1S/C27H32N2.2ClH/c1-4-11-24(12-5-1)15-10-18-28-19-21-29(22-20-28)27(26-16-8-3-9-17-26)23-25-13-6-2-7-14-25;;/h1-9,11-14,16-17,27H,10,15,18-23H2;2*1H. The van der Waals surface area contributed by atoms with Crippen molar-refractivity contribution in [1.82, 2.24) is 9.80 Å². The van der Waals surface area contributed by atoms with Crippen molar-refractivity contribution < 1.29 is 0 Å². The molecule has 1 atom stereocenters. The van der Waals surface area contributed by atoms with Gasteiger partial charge in [0.15, 0.2) is 0 Å². The van der Waals surface area contributed by atoms with Crippen molar-refractivity contribution in [3.8, 4) is 0 Å². The number of piperazine rings is 1. The van der Waals surface area contributed by atoms with Crippen LogP contribution < -0.4 is 0 Å². The van der Waals surface area contributed by atoms with Gasteiger partial charge in [0.25, 0.3) is 0 Å².